The van der Waals surface area contributed by atoms with Gasteiger partial charge in [0.15, 0.2) is 0 Å². The van der Waals surface area contributed by atoms with Gasteiger partial charge in [-0.25, -0.2) is 0 Å². The van der Waals surface area contributed by atoms with E-state index in [0.29, 0.717) is 0 Å². The predicted molar refractivity (Wildman–Crippen MR) is 39.9 cm³/mol. The Morgan fingerprint density at radius 3 is 2.30 bits per heavy atom. The first-order chi connectivity index (χ1) is 4.41. The first-order valence-corrected chi connectivity index (χ1v) is 3.20. The topological polar surface area (TPSA) is 15.8 Å². The third kappa shape index (κ3) is 11.0. The molecule has 0 aliphatic heterocycles. The number of rotatable bonds is 1. The molecule has 1 rings (SSSR count). The van der Waals surface area contributed by atoms with Crippen molar-refractivity contribution in [3.63, 3.8) is 0 Å². The molecule has 0 aliphatic carbocycles. The fourth-order valence-corrected chi connectivity index (χ4v) is 0.241. The minimum Gasteiger partial charge on any atom is -0.484 e. The summed E-state index contributed by atoms with van der Waals surface area (Å²) in [6.45, 7) is 5.72. The van der Waals surface area contributed by atoms with Gasteiger partial charge in [-0.2, -0.15) is 24.8 Å². The molecule has 1 aromatic heterocycles. The molecule has 0 atom stereocenters. The number of H-pyrrole nitrogens is 1. The van der Waals surface area contributed by atoms with E-state index >= 15 is 0 Å². The molecule has 54 valence electrons. The van der Waals surface area contributed by atoms with E-state index in [0.717, 1.165) is 6.42 Å². The molecule has 0 fully saturated rings. The molecule has 10 heavy (non-hydrogen) atoms. The van der Waals surface area contributed by atoms with Crippen LogP contribution >= 0.6 is 0 Å². The summed E-state index contributed by atoms with van der Waals surface area (Å²) in [7, 11) is 0. The van der Waals surface area contributed by atoms with Crippen LogP contribution in [-0.4, -0.2) is 4.98 Å². The second-order valence-corrected chi connectivity index (χ2v) is 1.67. The molecule has 2 heteroatoms. The van der Waals surface area contributed by atoms with Gasteiger partial charge in [0.25, 0.3) is 0 Å². The molecule has 0 amide bonds. The molecule has 0 saturated carbocycles. The zero-order valence-electron chi connectivity index (χ0n) is 6.35. The molecule has 0 bridgehead atoms. The van der Waals surface area contributed by atoms with E-state index in [2.05, 4.69) is 25.0 Å². The van der Waals surface area contributed by atoms with Crippen LogP contribution < -0.4 is 0 Å². The number of hydrogen-bond acceptors (Lipinski definition) is 0. The molecule has 1 N–H and O–H groups in total. The van der Waals surface area contributed by atoms with Crippen LogP contribution in [-0.2, 0) is 26.2 Å². The Labute approximate surface area is 82.4 Å². The maximum absolute atomic E-state index is 3.60. The van der Waals surface area contributed by atoms with Crippen molar-refractivity contribution in [1.29, 1.82) is 0 Å². The molecule has 0 spiro atoms. The number of unbranched alkanes of at least 4 members (excludes halogenated alkanes) is 1. The second-order valence-electron chi connectivity index (χ2n) is 1.67. The van der Waals surface area contributed by atoms with Gasteiger partial charge in [-0.15, -0.1) is 6.20 Å². The maximum atomic E-state index is 3.60. The SMILES string of the molecule is [CH2-]CCC.[Zr+2].[c-]1ccc[nH]1. The van der Waals surface area contributed by atoms with E-state index < -0.39 is 0 Å². The van der Waals surface area contributed by atoms with Crippen LogP contribution in [0.15, 0.2) is 18.3 Å². The number of hydrogen-bond donors (Lipinski definition) is 1. The van der Waals surface area contributed by atoms with Crippen LogP contribution in [0.1, 0.15) is 19.8 Å². The van der Waals surface area contributed by atoms with Gasteiger partial charge in [-0.3, -0.25) is 0 Å². The molecule has 1 heterocycles. The Morgan fingerprint density at radius 1 is 1.60 bits per heavy atom. The molecule has 0 saturated heterocycles. The quantitative estimate of drug-likeness (QED) is 0.691. The third-order valence-electron chi connectivity index (χ3n) is 0.796. The first kappa shape index (κ1) is 12.8. The molecule has 0 radical (unpaired) electrons. The van der Waals surface area contributed by atoms with E-state index in [1.807, 2.05) is 18.3 Å². The van der Waals surface area contributed by atoms with Crippen molar-refractivity contribution in [1.82, 2.24) is 4.98 Å². The normalized spacial score (nSPS) is 7.00. The summed E-state index contributed by atoms with van der Waals surface area (Å²) in [5, 5.41) is 0. The van der Waals surface area contributed by atoms with Gasteiger partial charge in [0.1, 0.15) is 0 Å². The van der Waals surface area contributed by atoms with Crippen molar-refractivity contribution in [2.75, 3.05) is 0 Å². The average molecular weight is 214 g/mol. The summed E-state index contributed by atoms with van der Waals surface area (Å²) in [6.07, 6.45) is 6.83. The van der Waals surface area contributed by atoms with Gasteiger partial charge in [0.05, 0.1) is 0 Å². The van der Waals surface area contributed by atoms with Crippen molar-refractivity contribution in [3.8, 4) is 0 Å². The molecule has 0 unspecified atom stereocenters. The van der Waals surface area contributed by atoms with E-state index in [1.165, 1.54) is 6.42 Å². The summed E-state index contributed by atoms with van der Waals surface area (Å²) in [5.74, 6) is 0. The maximum Gasteiger partial charge on any atom is 2.00 e. The Hall–Kier alpha value is 0.163. The monoisotopic (exact) mass is 213 g/mol. The van der Waals surface area contributed by atoms with E-state index in [9.17, 15) is 0 Å². The summed E-state index contributed by atoms with van der Waals surface area (Å²) in [6, 6.07) is 3.71. The van der Waals surface area contributed by atoms with Crippen molar-refractivity contribution in [3.05, 3.63) is 31.5 Å². The standard InChI is InChI=1S/C4H4N.C4H9.Zr/c1-2-4-5-3-1;1-3-4-2;/h1-3,5H;1,3-4H2,2H3;/q2*-1;+2. The van der Waals surface area contributed by atoms with Crippen LogP contribution in [0.5, 0.6) is 0 Å². The zero-order valence-corrected chi connectivity index (χ0v) is 8.81. The van der Waals surface area contributed by atoms with Gasteiger partial charge < -0.3 is 11.9 Å². The second kappa shape index (κ2) is 11.9. The molecule has 0 aliphatic rings. The average Bonchev–Trinajstić information content (AvgIpc) is 2.43. The van der Waals surface area contributed by atoms with E-state index in [4.69, 9.17) is 0 Å². The first-order valence-electron chi connectivity index (χ1n) is 3.20. The molecular weight excluding hydrogens is 201 g/mol. The van der Waals surface area contributed by atoms with Crippen LogP contribution in [0, 0.1) is 13.1 Å². The van der Waals surface area contributed by atoms with Gasteiger partial charge in [0.2, 0.25) is 0 Å². The molecular formula is C8H13NZr. The largest absolute Gasteiger partial charge is 2.00 e. The Balaban J connectivity index is 0. The smallest absolute Gasteiger partial charge is 0.484 e. The third-order valence-corrected chi connectivity index (χ3v) is 0.796. The van der Waals surface area contributed by atoms with Gasteiger partial charge in [-0.05, 0) is 0 Å². The Morgan fingerprint density at radius 2 is 2.20 bits per heavy atom. The predicted octanol–water partition coefficient (Wildman–Crippen LogP) is 2.43. The van der Waals surface area contributed by atoms with Crippen LogP contribution in [0.2, 0.25) is 0 Å². The Bertz CT molecular complexity index is 84.8. The Kier molecular flexibility index (Phi) is 15.2. The van der Waals surface area contributed by atoms with Crippen molar-refractivity contribution < 1.29 is 26.2 Å². The van der Waals surface area contributed by atoms with Gasteiger partial charge in [-0.1, -0.05) is 13.3 Å². The van der Waals surface area contributed by atoms with Gasteiger partial charge >= 0.3 is 26.2 Å². The summed E-state index contributed by atoms with van der Waals surface area (Å²) < 4.78 is 0. The van der Waals surface area contributed by atoms with E-state index in [-0.39, 0.29) is 26.2 Å². The summed E-state index contributed by atoms with van der Waals surface area (Å²) >= 11 is 0. The van der Waals surface area contributed by atoms with Gasteiger partial charge in [0, 0.05) is 0 Å². The minimum atomic E-state index is 0. The molecule has 1 aromatic rings. The van der Waals surface area contributed by atoms with Crippen LogP contribution in [0.3, 0.4) is 0 Å². The van der Waals surface area contributed by atoms with Crippen molar-refractivity contribution in [2.24, 2.45) is 0 Å². The van der Waals surface area contributed by atoms with Crippen LogP contribution in [0.25, 0.3) is 0 Å². The van der Waals surface area contributed by atoms with E-state index in [1.54, 1.807) is 0 Å². The fourth-order valence-electron chi connectivity index (χ4n) is 0.241. The molecule has 0 aromatic carbocycles. The summed E-state index contributed by atoms with van der Waals surface area (Å²) in [5.41, 5.74) is 0. The van der Waals surface area contributed by atoms with Crippen molar-refractivity contribution in [2.45, 2.75) is 19.8 Å². The minimum absolute atomic E-state index is 0. The fraction of sp³-hybridized carbons (Fsp3) is 0.375. The zero-order chi connectivity index (χ0) is 6.95. The molecule has 1 nitrogen and oxygen atoms in total. The van der Waals surface area contributed by atoms with Crippen LogP contribution in [0.4, 0.5) is 0 Å². The number of nitrogens with one attached hydrogen (secondary N) is 1. The number of aromatic nitrogens is 1. The number of aromatic amines is 1. The van der Waals surface area contributed by atoms with Crippen molar-refractivity contribution >= 4 is 0 Å². The summed E-state index contributed by atoms with van der Waals surface area (Å²) in [4.78, 5) is 2.74.